The quantitative estimate of drug-likeness (QED) is 0.365. The SMILES string of the molecule is C=CCC[C@H](O)CCC#C[Si](C(C)C)(C(C)C)C(C)C. The molecule has 0 saturated heterocycles. The van der Waals surface area contributed by atoms with Crippen LogP contribution in [-0.4, -0.2) is 19.3 Å². The zero-order valence-corrected chi connectivity index (χ0v) is 15.4. The monoisotopic (exact) mass is 294 g/mol. The number of rotatable bonds is 8. The molecule has 0 unspecified atom stereocenters. The first-order chi connectivity index (χ1) is 9.28. The Kier molecular flexibility index (Phi) is 9.17. The number of hydrogen-bond acceptors (Lipinski definition) is 1. The molecule has 1 atom stereocenters. The number of allylic oxidation sites excluding steroid dienone is 1. The number of aliphatic hydroxyl groups excluding tert-OH is 1. The predicted molar refractivity (Wildman–Crippen MR) is 93.5 cm³/mol. The van der Waals surface area contributed by atoms with Gasteiger partial charge in [-0.1, -0.05) is 47.6 Å². The summed E-state index contributed by atoms with van der Waals surface area (Å²) in [4.78, 5) is 0. The van der Waals surface area contributed by atoms with E-state index in [4.69, 9.17) is 0 Å². The third-order valence-electron chi connectivity index (χ3n) is 4.48. The van der Waals surface area contributed by atoms with Gasteiger partial charge in [0.2, 0.25) is 0 Å². The highest BCUT2D eigenvalue weighted by atomic mass is 28.3. The fourth-order valence-corrected chi connectivity index (χ4v) is 8.64. The molecule has 0 heterocycles. The van der Waals surface area contributed by atoms with Gasteiger partial charge in [0.15, 0.2) is 0 Å². The first-order valence-corrected chi connectivity index (χ1v) is 10.3. The lowest BCUT2D eigenvalue weighted by Gasteiger charge is -2.38. The normalized spacial score (nSPS) is 13.5. The molecule has 0 aliphatic rings. The van der Waals surface area contributed by atoms with Crippen LogP contribution in [0.15, 0.2) is 12.7 Å². The summed E-state index contributed by atoms with van der Waals surface area (Å²) in [7, 11) is -1.58. The molecule has 0 spiro atoms. The Bertz CT molecular complexity index is 311. The van der Waals surface area contributed by atoms with Crippen molar-refractivity contribution >= 4 is 8.07 Å². The van der Waals surface area contributed by atoms with E-state index in [9.17, 15) is 5.11 Å². The average Bonchev–Trinajstić information content (AvgIpc) is 2.34. The van der Waals surface area contributed by atoms with Crippen LogP contribution in [0.2, 0.25) is 16.6 Å². The Morgan fingerprint density at radius 2 is 1.50 bits per heavy atom. The Morgan fingerprint density at radius 3 is 1.90 bits per heavy atom. The van der Waals surface area contributed by atoms with E-state index in [1.807, 2.05) is 6.08 Å². The molecule has 0 aliphatic heterocycles. The van der Waals surface area contributed by atoms with Crippen molar-refractivity contribution in [1.29, 1.82) is 0 Å². The summed E-state index contributed by atoms with van der Waals surface area (Å²) in [6, 6.07) is 0. The molecule has 0 amide bonds. The maximum absolute atomic E-state index is 9.83. The lowest BCUT2D eigenvalue weighted by atomic mass is 10.1. The first-order valence-electron chi connectivity index (χ1n) is 8.07. The molecule has 0 aromatic heterocycles. The smallest absolute Gasteiger partial charge is 0.145 e. The summed E-state index contributed by atoms with van der Waals surface area (Å²) in [6.07, 6.45) is 4.95. The second-order valence-electron chi connectivity index (χ2n) is 6.76. The van der Waals surface area contributed by atoms with E-state index < -0.39 is 8.07 Å². The first kappa shape index (κ1) is 19.5. The zero-order valence-electron chi connectivity index (χ0n) is 14.4. The van der Waals surface area contributed by atoms with Crippen LogP contribution in [0, 0.1) is 11.5 Å². The van der Waals surface area contributed by atoms with E-state index in [0.29, 0.717) is 16.6 Å². The Hall–Kier alpha value is -0.523. The molecule has 1 nitrogen and oxygen atoms in total. The minimum absolute atomic E-state index is 0.226. The molecule has 0 bridgehead atoms. The fraction of sp³-hybridized carbons (Fsp3) is 0.778. The summed E-state index contributed by atoms with van der Waals surface area (Å²) in [5, 5.41) is 9.83. The largest absolute Gasteiger partial charge is 0.393 e. The second-order valence-corrected chi connectivity index (χ2v) is 12.3. The van der Waals surface area contributed by atoms with Crippen molar-refractivity contribution in [3.63, 3.8) is 0 Å². The molecule has 116 valence electrons. The van der Waals surface area contributed by atoms with Crippen molar-refractivity contribution in [3.05, 3.63) is 12.7 Å². The second kappa shape index (κ2) is 9.42. The van der Waals surface area contributed by atoms with Crippen LogP contribution in [-0.2, 0) is 0 Å². The molecule has 0 aliphatic carbocycles. The predicted octanol–water partition coefficient (Wildman–Crippen LogP) is 5.32. The van der Waals surface area contributed by atoms with Crippen molar-refractivity contribution in [2.75, 3.05) is 0 Å². The van der Waals surface area contributed by atoms with Gasteiger partial charge in [0, 0.05) is 6.42 Å². The Labute approximate surface area is 127 Å². The highest BCUT2D eigenvalue weighted by Gasteiger charge is 2.41. The van der Waals surface area contributed by atoms with Gasteiger partial charge >= 0.3 is 0 Å². The van der Waals surface area contributed by atoms with Gasteiger partial charge in [-0.15, -0.1) is 18.0 Å². The number of aliphatic hydroxyl groups is 1. The minimum atomic E-state index is -1.58. The number of hydrogen-bond donors (Lipinski definition) is 1. The van der Waals surface area contributed by atoms with E-state index >= 15 is 0 Å². The third-order valence-corrected chi connectivity index (χ3v) is 10.8. The minimum Gasteiger partial charge on any atom is -0.393 e. The average molecular weight is 295 g/mol. The van der Waals surface area contributed by atoms with Crippen LogP contribution < -0.4 is 0 Å². The van der Waals surface area contributed by atoms with E-state index in [-0.39, 0.29) is 6.10 Å². The standard InChI is InChI=1S/C18H34OSi/c1-8-9-12-18(19)13-10-11-14-20(15(2)3,16(4)5)17(6)7/h8,15-19H,1,9-10,12-13H2,2-7H3/t18-/m0/s1. The van der Waals surface area contributed by atoms with Gasteiger partial charge in [0.05, 0.1) is 6.10 Å². The lowest BCUT2D eigenvalue weighted by Crippen LogP contribution is -2.43. The van der Waals surface area contributed by atoms with E-state index in [2.05, 4.69) is 59.6 Å². The van der Waals surface area contributed by atoms with Crippen LogP contribution in [0.25, 0.3) is 0 Å². The molecule has 0 radical (unpaired) electrons. The molecule has 0 saturated carbocycles. The van der Waals surface area contributed by atoms with Crippen LogP contribution in [0.3, 0.4) is 0 Å². The third kappa shape index (κ3) is 5.46. The summed E-state index contributed by atoms with van der Waals surface area (Å²) in [5.41, 5.74) is 5.74. The molecule has 0 rings (SSSR count). The molecule has 20 heavy (non-hydrogen) atoms. The van der Waals surface area contributed by atoms with Gasteiger partial charge in [-0.2, -0.15) is 0 Å². The molecular formula is C18H34OSi. The van der Waals surface area contributed by atoms with Gasteiger partial charge in [0.1, 0.15) is 8.07 Å². The van der Waals surface area contributed by atoms with E-state index in [1.54, 1.807) is 0 Å². The van der Waals surface area contributed by atoms with E-state index in [0.717, 1.165) is 25.7 Å². The highest BCUT2D eigenvalue weighted by Crippen LogP contribution is 2.40. The topological polar surface area (TPSA) is 20.2 Å². The lowest BCUT2D eigenvalue weighted by molar-refractivity contribution is 0.157. The molecule has 0 aromatic carbocycles. The zero-order chi connectivity index (χ0) is 15.8. The van der Waals surface area contributed by atoms with Crippen LogP contribution >= 0.6 is 0 Å². The van der Waals surface area contributed by atoms with Gasteiger partial charge in [0.25, 0.3) is 0 Å². The van der Waals surface area contributed by atoms with Crippen LogP contribution in [0.5, 0.6) is 0 Å². The Morgan fingerprint density at radius 1 is 1.00 bits per heavy atom. The molecule has 0 fully saturated rings. The Balaban J connectivity index is 4.70. The van der Waals surface area contributed by atoms with Gasteiger partial charge in [-0.25, -0.2) is 0 Å². The van der Waals surface area contributed by atoms with Crippen molar-refractivity contribution in [3.8, 4) is 11.5 Å². The van der Waals surface area contributed by atoms with Crippen molar-refractivity contribution in [2.45, 2.75) is 90.0 Å². The molecular weight excluding hydrogens is 260 g/mol. The molecule has 1 N–H and O–H groups in total. The summed E-state index contributed by atoms with van der Waals surface area (Å²) >= 11 is 0. The summed E-state index contributed by atoms with van der Waals surface area (Å²) in [5.74, 6) is 3.40. The fourth-order valence-electron chi connectivity index (χ4n) is 3.34. The maximum atomic E-state index is 9.83. The molecule has 0 aromatic rings. The van der Waals surface area contributed by atoms with Crippen molar-refractivity contribution in [2.24, 2.45) is 0 Å². The van der Waals surface area contributed by atoms with E-state index in [1.165, 1.54) is 0 Å². The van der Waals surface area contributed by atoms with Gasteiger partial charge < -0.3 is 5.11 Å². The summed E-state index contributed by atoms with van der Waals surface area (Å²) in [6.45, 7) is 17.7. The van der Waals surface area contributed by atoms with Gasteiger partial charge in [-0.05, 0) is 35.9 Å². The summed E-state index contributed by atoms with van der Waals surface area (Å²) < 4.78 is 0. The highest BCUT2D eigenvalue weighted by molar-refractivity contribution is 6.90. The van der Waals surface area contributed by atoms with Crippen molar-refractivity contribution < 1.29 is 5.11 Å². The van der Waals surface area contributed by atoms with Gasteiger partial charge in [-0.3, -0.25) is 0 Å². The van der Waals surface area contributed by atoms with Crippen LogP contribution in [0.4, 0.5) is 0 Å². The molecule has 2 heteroatoms. The van der Waals surface area contributed by atoms with Crippen molar-refractivity contribution in [1.82, 2.24) is 0 Å². The maximum Gasteiger partial charge on any atom is 0.145 e. The van der Waals surface area contributed by atoms with Crippen LogP contribution in [0.1, 0.15) is 67.2 Å².